The molecule has 1 unspecified atom stereocenters. The summed E-state index contributed by atoms with van der Waals surface area (Å²) in [7, 11) is -4.96. The van der Waals surface area contributed by atoms with Gasteiger partial charge in [-0.3, -0.25) is 0 Å². The van der Waals surface area contributed by atoms with Gasteiger partial charge in [-0.15, -0.1) is 15.2 Å². The van der Waals surface area contributed by atoms with Gasteiger partial charge in [0.1, 0.15) is 0 Å². The van der Waals surface area contributed by atoms with Gasteiger partial charge in [0.15, 0.2) is 0 Å². The van der Waals surface area contributed by atoms with Crippen LogP contribution in [0.1, 0.15) is 22.8 Å². The summed E-state index contributed by atoms with van der Waals surface area (Å²) in [6.07, 6.45) is -5.50. The van der Waals surface area contributed by atoms with Gasteiger partial charge in [0.05, 0.1) is 17.0 Å². The van der Waals surface area contributed by atoms with E-state index in [2.05, 4.69) is 4.98 Å². The third-order valence-corrected chi connectivity index (χ3v) is 6.62. The molecular weight excluding hydrogens is 438 g/mol. The first-order valence-electron chi connectivity index (χ1n) is 8.89. The molecule has 0 aliphatic carbocycles. The maximum atomic E-state index is 13.5. The number of thiophene rings is 1. The van der Waals surface area contributed by atoms with Gasteiger partial charge < -0.3 is 4.98 Å². The highest BCUT2D eigenvalue weighted by Gasteiger charge is 2.36. The molecule has 1 N–H and O–H groups in total. The highest BCUT2D eigenvalue weighted by Crippen LogP contribution is 2.45. The summed E-state index contributed by atoms with van der Waals surface area (Å²) in [6, 6.07) is 15.4. The zero-order valence-electron chi connectivity index (χ0n) is 15.3. The molecule has 0 aliphatic rings. The Kier molecular flexibility index (Phi) is 5.19. The number of hydrogen-bond acceptors (Lipinski definition) is 3. The van der Waals surface area contributed by atoms with E-state index in [1.165, 1.54) is 17.4 Å². The fourth-order valence-electron chi connectivity index (χ4n) is 3.62. The zero-order chi connectivity index (χ0) is 21.5. The number of alkyl halides is 3. The summed E-state index contributed by atoms with van der Waals surface area (Å²) in [4.78, 5) is 3.09. The van der Waals surface area contributed by atoms with Crippen molar-refractivity contribution in [2.24, 2.45) is 0 Å². The van der Waals surface area contributed by atoms with Crippen molar-refractivity contribution in [1.82, 2.24) is 4.98 Å². The predicted octanol–water partition coefficient (Wildman–Crippen LogP) is 6.64. The summed E-state index contributed by atoms with van der Waals surface area (Å²) in [6.45, 7) is 0. The van der Waals surface area contributed by atoms with Crippen molar-refractivity contribution in [2.45, 2.75) is 23.4 Å². The Morgan fingerprint density at radius 1 is 1.00 bits per heavy atom. The second-order valence-corrected chi connectivity index (χ2v) is 9.14. The highest BCUT2D eigenvalue weighted by molar-refractivity contribution is 7.86. The highest BCUT2D eigenvalue weighted by atomic mass is 32.3. The van der Waals surface area contributed by atoms with Gasteiger partial charge in [-0.1, -0.05) is 36.4 Å². The maximum absolute atomic E-state index is 13.5. The molecule has 0 bridgehead atoms. The number of aromatic amines is 1. The molecule has 156 valence electrons. The molecule has 2 heterocycles. The zero-order valence-corrected chi connectivity index (χ0v) is 16.9. The van der Waals surface area contributed by atoms with Crippen molar-refractivity contribution in [3.8, 4) is 11.3 Å². The Morgan fingerprint density at radius 2 is 1.77 bits per heavy atom. The number of fused-ring (bicyclic) bond motifs is 1. The van der Waals surface area contributed by atoms with Crippen LogP contribution in [0.5, 0.6) is 0 Å². The van der Waals surface area contributed by atoms with Crippen molar-refractivity contribution >= 4 is 32.5 Å². The van der Waals surface area contributed by atoms with Crippen molar-refractivity contribution < 1.29 is 25.5 Å². The van der Waals surface area contributed by atoms with Crippen molar-refractivity contribution in [3.05, 3.63) is 76.5 Å². The lowest BCUT2D eigenvalue weighted by Gasteiger charge is -2.19. The normalized spacial score (nSPS) is 13.6. The summed E-state index contributed by atoms with van der Waals surface area (Å²) in [5.41, 5.74) is 1.64. The molecule has 0 saturated heterocycles. The number of rotatable bonds is 5. The van der Waals surface area contributed by atoms with Crippen LogP contribution in [0.3, 0.4) is 0 Å². The van der Waals surface area contributed by atoms with E-state index in [4.69, 9.17) is 0 Å². The van der Waals surface area contributed by atoms with E-state index in [0.29, 0.717) is 32.6 Å². The average Bonchev–Trinajstić information content (AvgIpc) is 3.33. The molecule has 1 atom stereocenters. The van der Waals surface area contributed by atoms with Gasteiger partial charge in [-0.2, -0.15) is 21.6 Å². The Bertz CT molecular complexity index is 1290. The molecule has 4 rings (SSSR count). The molecule has 2 aromatic carbocycles. The fourth-order valence-corrected chi connectivity index (χ4v) is 4.97. The van der Waals surface area contributed by atoms with Crippen LogP contribution in [0.25, 0.3) is 22.2 Å². The fraction of sp³-hybridized carbons (Fsp3) is 0.143. The Morgan fingerprint density at radius 3 is 2.43 bits per heavy atom. The van der Waals surface area contributed by atoms with E-state index < -0.39 is 33.6 Å². The summed E-state index contributed by atoms with van der Waals surface area (Å²) in [5, 5.41) is 2.31. The van der Waals surface area contributed by atoms with Crippen LogP contribution in [0.2, 0.25) is 0 Å². The van der Waals surface area contributed by atoms with E-state index in [9.17, 15) is 25.5 Å². The van der Waals surface area contributed by atoms with Crippen LogP contribution < -0.4 is 0 Å². The average molecular weight is 453 g/mol. The lowest BCUT2D eigenvalue weighted by molar-refractivity contribution is -0.136. The van der Waals surface area contributed by atoms with Crippen molar-refractivity contribution in [1.29, 1.82) is 0 Å². The standard InChI is InChI=1S/C21H15F4NO2S2/c22-21(23,24)12-16(18-9-4-10-29-18)19-15-7-1-2-8-17(15)26-20(19)13-5-3-6-14(11-13)30(25,27)28/h1-11,16,26H,12H2. The molecule has 0 radical (unpaired) electrons. The van der Waals surface area contributed by atoms with E-state index >= 15 is 0 Å². The molecule has 0 saturated carbocycles. The van der Waals surface area contributed by atoms with E-state index in [0.717, 1.165) is 12.1 Å². The topological polar surface area (TPSA) is 49.9 Å². The molecular formula is C21H15F4NO2S2. The van der Waals surface area contributed by atoms with Gasteiger partial charge in [-0.25, -0.2) is 0 Å². The number of H-pyrrole nitrogens is 1. The first-order valence-corrected chi connectivity index (χ1v) is 11.2. The molecule has 2 aromatic heterocycles. The van der Waals surface area contributed by atoms with Crippen LogP contribution in [-0.2, 0) is 10.2 Å². The van der Waals surface area contributed by atoms with Gasteiger partial charge in [0.25, 0.3) is 0 Å². The van der Waals surface area contributed by atoms with Gasteiger partial charge >= 0.3 is 16.4 Å². The first-order chi connectivity index (χ1) is 14.1. The molecule has 0 aliphatic heterocycles. The second kappa shape index (κ2) is 7.55. The van der Waals surface area contributed by atoms with Crippen molar-refractivity contribution in [2.75, 3.05) is 0 Å². The number of hydrogen-bond donors (Lipinski definition) is 1. The van der Waals surface area contributed by atoms with Crippen LogP contribution >= 0.6 is 11.3 Å². The molecule has 0 fully saturated rings. The third kappa shape index (κ3) is 4.13. The Hall–Kier alpha value is -2.65. The molecule has 4 aromatic rings. The van der Waals surface area contributed by atoms with Crippen LogP contribution in [0.15, 0.2) is 70.9 Å². The smallest absolute Gasteiger partial charge is 0.354 e. The summed E-state index contributed by atoms with van der Waals surface area (Å²) < 4.78 is 76.8. The number of para-hydroxylation sites is 1. The molecule has 3 nitrogen and oxygen atoms in total. The maximum Gasteiger partial charge on any atom is 0.390 e. The first kappa shape index (κ1) is 20.6. The molecule has 0 amide bonds. The van der Waals surface area contributed by atoms with E-state index in [1.54, 1.807) is 47.8 Å². The monoisotopic (exact) mass is 453 g/mol. The number of benzene rings is 2. The number of aromatic nitrogens is 1. The molecule has 30 heavy (non-hydrogen) atoms. The minimum absolute atomic E-state index is 0.295. The summed E-state index contributed by atoms with van der Waals surface area (Å²) >= 11 is 1.22. The Labute approximate surface area is 174 Å². The second-order valence-electron chi connectivity index (χ2n) is 6.81. The minimum atomic E-state index is -4.96. The SMILES string of the molecule is O=S(=O)(F)c1cccc(-c2[nH]c3ccccc3c2C(CC(F)(F)F)c2cccs2)c1. The van der Waals surface area contributed by atoms with Gasteiger partial charge in [-0.05, 0) is 40.8 Å². The van der Waals surface area contributed by atoms with Crippen molar-refractivity contribution in [3.63, 3.8) is 0 Å². The quantitative estimate of drug-likeness (QED) is 0.272. The minimum Gasteiger partial charge on any atom is -0.354 e. The van der Waals surface area contributed by atoms with Crippen LogP contribution in [-0.4, -0.2) is 19.6 Å². The molecule has 0 spiro atoms. The predicted molar refractivity (Wildman–Crippen MR) is 109 cm³/mol. The Balaban J connectivity index is 2.00. The summed E-state index contributed by atoms with van der Waals surface area (Å²) in [5.74, 6) is -0.998. The third-order valence-electron chi connectivity index (χ3n) is 4.82. The lowest BCUT2D eigenvalue weighted by atomic mass is 9.89. The molecule has 9 heteroatoms. The van der Waals surface area contributed by atoms with Gasteiger partial charge in [0, 0.05) is 21.7 Å². The number of halogens is 4. The van der Waals surface area contributed by atoms with Crippen LogP contribution in [0.4, 0.5) is 17.1 Å². The lowest BCUT2D eigenvalue weighted by Crippen LogP contribution is -2.14. The number of nitrogens with one attached hydrogen (secondary N) is 1. The van der Waals surface area contributed by atoms with E-state index in [-0.39, 0.29) is 0 Å². The van der Waals surface area contributed by atoms with E-state index in [1.807, 2.05) is 0 Å². The van der Waals surface area contributed by atoms with Crippen LogP contribution in [0, 0.1) is 0 Å². The van der Waals surface area contributed by atoms with Gasteiger partial charge in [0.2, 0.25) is 0 Å². The largest absolute Gasteiger partial charge is 0.390 e.